The fourth-order valence-electron chi connectivity index (χ4n) is 2.29. The van der Waals surface area contributed by atoms with Crippen molar-refractivity contribution in [1.82, 2.24) is 4.90 Å². The van der Waals surface area contributed by atoms with Crippen LogP contribution < -0.4 is 10.5 Å². The van der Waals surface area contributed by atoms with Gasteiger partial charge in [0.1, 0.15) is 5.75 Å². The van der Waals surface area contributed by atoms with Crippen LogP contribution in [0.15, 0.2) is 18.2 Å². The predicted molar refractivity (Wildman–Crippen MR) is 88.9 cm³/mol. The molecule has 0 fully saturated rings. The Labute approximate surface area is 141 Å². The minimum Gasteiger partial charge on any atom is -0.496 e. The van der Waals surface area contributed by atoms with Crippen molar-refractivity contribution in [1.29, 1.82) is 0 Å². The van der Waals surface area contributed by atoms with Gasteiger partial charge in [-0.1, -0.05) is 11.6 Å². The lowest BCUT2D eigenvalue weighted by Gasteiger charge is -2.35. The molecule has 0 heterocycles. The van der Waals surface area contributed by atoms with Gasteiger partial charge in [0, 0.05) is 17.1 Å². The molecule has 0 bridgehead atoms. The average molecular weight is 343 g/mol. The molecule has 1 atom stereocenters. The van der Waals surface area contributed by atoms with Crippen molar-refractivity contribution >= 4 is 23.6 Å². The summed E-state index contributed by atoms with van der Waals surface area (Å²) in [5.41, 5.74) is 5.54. The van der Waals surface area contributed by atoms with Gasteiger partial charge in [-0.25, -0.2) is 4.79 Å². The molecular formula is C16H23ClN2O4. The molecular weight excluding hydrogens is 320 g/mol. The Hall–Kier alpha value is -1.95. The van der Waals surface area contributed by atoms with E-state index in [1.807, 2.05) is 0 Å². The van der Waals surface area contributed by atoms with E-state index in [4.69, 9.17) is 22.1 Å². The molecule has 23 heavy (non-hydrogen) atoms. The molecule has 7 heteroatoms. The SMILES string of the molecule is COc1ccc(Cl)cc1C[C@@H](CN(C(=O)O)C(C)(C)C)C(N)=O. The topological polar surface area (TPSA) is 92.9 Å². The molecule has 0 saturated heterocycles. The second kappa shape index (κ2) is 7.55. The number of amides is 2. The van der Waals surface area contributed by atoms with E-state index >= 15 is 0 Å². The van der Waals surface area contributed by atoms with Crippen LogP contribution in [0, 0.1) is 5.92 Å². The Balaban J connectivity index is 3.07. The summed E-state index contributed by atoms with van der Waals surface area (Å²) in [6.45, 7) is 5.29. The second-order valence-electron chi connectivity index (χ2n) is 6.32. The Morgan fingerprint density at radius 3 is 2.43 bits per heavy atom. The van der Waals surface area contributed by atoms with E-state index in [0.717, 1.165) is 0 Å². The number of carbonyl (C=O) groups excluding carboxylic acids is 1. The zero-order valence-corrected chi connectivity index (χ0v) is 14.6. The number of ether oxygens (including phenoxy) is 1. The van der Waals surface area contributed by atoms with E-state index in [0.29, 0.717) is 16.3 Å². The Kier molecular flexibility index (Phi) is 6.27. The fourth-order valence-corrected chi connectivity index (χ4v) is 2.48. The van der Waals surface area contributed by atoms with Gasteiger partial charge in [-0.15, -0.1) is 0 Å². The standard InChI is InChI=1S/C16H23ClN2O4/c1-16(2,3)19(15(21)22)9-11(14(18)20)7-10-8-12(17)5-6-13(10)23-4/h5-6,8,11H,7,9H2,1-4H3,(H2,18,20)(H,21,22)/t11-/m0/s1. The highest BCUT2D eigenvalue weighted by Crippen LogP contribution is 2.26. The number of hydrogen-bond acceptors (Lipinski definition) is 3. The average Bonchev–Trinajstić information content (AvgIpc) is 2.41. The molecule has 128 valence electrons. The van der Waals surface area contributed by atoms with Gasteiger partial charge in [-0.2, -0.15) is 0 Å². The van der Waals surface area contributed by atoms with Crippen LogP contribution in [0.5, 0.6) is 5.75 Å². The van der Waals surface area contributed by atoms with Crippen LogP contribution in [0.1, 0.15) is 26.3 Å². The summed E-state index contributed by atoms with van der Waals surface area (Å²) in [4.78, 5) is 24.5. The van der Waals surface area contributed by atoms with Crippen LogP contribution in [0.25, 0.3) is 0 Å². The summed E-state index contributed by atoms with van der Waals surface area (Å²) in [7, 11) is 1.52. The second-order valence-corrected chi connectivity index (χ2v) is 6.76. The minimum absolute atomic E-state index is 0.00380. The molecule has 3 N–H and O–H groups in total. The van der Waals surface area contributed by atoms with Gasteiger partial charge in [0.25, 0.3) is 0 Å². The number of benzene rings is 1. The lowest BCUT2D eigenvalue weighted by atomic mass is 9.95. The highest BCUT2D eigenvalue weighted by atomic mass is 35.5. The van der Waals surface area contributed by atoms with E-state index in [-0.39, 0.29) is 13.0 Å². The smallest absolute Gasteiger partial charge is 0.407 e. The maximum atomic E-state index is 11.8. The van der Waals surface area contributed by atoms with Crippen LogP contribution in [-0.4, -0.2) is 41.2 Å². The molecule has 0 aromatic heterocycles. The third-order valence-corrected chi connectivity index (χ3v) is 3.79. The molecule has 2 amide bonds. The summed E-state index contributed by atoms with van der Waals surface area (Å²) >= 11 is 5.99. The number of rotatable bonds is 6. The van der Waals surface area contributed by atoms with E-state index in [1.165, 1.54) is 12.0 Å². The number of methoxy groups -OCH3 is 1. The molecule has 0 unspecified atom stereocenters. The summed E-state index contributed by atoms with van der Waals surface area (Å²) in [5.74, 6) is -0.668. The fraction of sp³-hybridized carbons (Fsp3) is 0.500. The van der Waals surface area contributed by atoms with E-state index in [1.54, 1.807) is 39.0 Å². The third kappa shape index (κ3) is 5.32. The first-order chi connectivity index (χ1) is 10.6. The molecule has 1 aromatic carbocycles. The Morgan fingerprint density at radius 1 is 1.39 bits per heavy atom. The lowest BCUT2D eigenvalue weighted by Crippen LogP contribution is -2.49. The van der Waals surface area contributed by atoms with Crippen LogP contribution in [0.2, 0.25) is 5.02 Å². The zero-order chi connectivity index (χ0) is 17.8. The highest BCUT2D eigenvalue weighted by Gasteiger charge is 2.31. The molecule has 0 radical (unpaired) electrons. The van der Waals surface area contributed by atoms with Gasteiger partial charge in [-0.3, -0.25) is 4.79 Å². The lowest BCUT2D eigenvalue weighted by molar-refractivity contribution is -0.122. The van der Waals surface area contributed by atoms with E-state index in [2.05, 4.69) is 0 Å². The Bertz CT molecular complexity index is 584. The van der Waals surface area contributed by atoms with Crippen LogP contribution in [-0.2, 0) is 11.2 Å². The maximum Gasteiger partial charge on any atom is 0.407 e. The first-order valence-corrected chi connectivity index (χ1v) is 7.56. The maximum absolute atomic E-state index is 11.8. The molecule has 0 spiro atoms. The van der Waals surface area contributed by atoms with Crippen molar-refractivity contribution in [2.24, 2.45) is 11.7 Å². The quantitative estimate of drug-likeness (QED) is 0.831. The molecule has 6 nitrogen and oxygen atoms in total. The van der Waals surface area contributed by atoms with Crippen LogP contribution in [0.4, 0.5) is 4.79 Å². The van der Waals surface area contributed by atoms with Gasteiger partial charge in [0.2, 0.25) is 5.91 Å². The first-order valence-electron chi connectivity index (χ1n) is 7.18. The third-order valence-electron chi connectivity index (χ3n) is 3.55. The summed E-state index contributed by atoms with van der Waals surface area (Å²) in [6.07, 6.45) is -0.847. The number of carbonyl (C=O) groups is 2. The first kappa shape index (κ1) is 19.1. The predicted octanol–water partition coefficient (Wildman–Crippen LogP) is 2.77. The summed E-state index contributed by atoms with van der Waals surface area (Å²) in [6, 6.07) is 5.08. The van der Waals surface area contributed by atoms with Crippen molar-refractivity contribution in [3.05, 3.63) is 28.8 Å². The molecule has 1 rings (SSSR count). The monoisotopic (exact) mass is 342 g/mol. The van der Waals surface area contributed by atoms with Gasteiger partial charge in [0.05, 0.1) is 13.0 Å². The number of carboxylic acid groups (broad SMARTS) is 1. The van der Waals surface area contributed by atoms with E-state index < -0.39 is 23.5 Å². The molecule has 0 aliphatic rings. The zero-order valence-electron chi connectivity index (χ0n) is 13.8. The Morgan fingerprint density at radius 2 is 2.00 bits per heavy atom. The number of halogens is 1. The van der Waals surface area contributed by atoms with Gasteiger partial charge in [-0.05, 0) is 51.0 Å². The van der Waals surface area contributed by atoms with Gasteiger partial charge in [0.15, 0.2) is 0 Å². The number of primary amides is 1. The van der Waals surface area contributed by atoms with Crippen molar-refractivity contribution < 1.29 is 19.4 Å². The number of nitrogens with zero attached hydrogens (tertiary/aromatic N) is 1. The van der Waals surface area contributed by atoms with E-state index in [9.17, 15) is 14.7 Å². The molecule has 0 aliphatic carbocycles. The van der Waals surface area contributed by atoms with Gasteiger partial charge < -0.3 is 20.5 Å². The number of nitrogens with two attached hydrogens (primary N) is 1. The molecule has 1 aromatic rings. The summed E-state index contributed by atoms with van der Waals surface area (Å²) in [5, 5.41) is 9.89. The van der Waals surface area contributed by atoms with Crippen molar-refractivity contribution in [3.63, 3.8) is 0 Å². The largest absolute Gasteiger partial charge is 0.496 e. The van der Waals surface area contributed by atoms with Gasteiger partial charge >= 0.3 is 6.09 Å². The highest BCUT2D eigenvalue weighted by molar-refractivity contribution is 6.30. The van der Waals surface area contributed by atoms with Crippen molar-refractivity contribution in [2.45, 2.75) is 32.7 Å². The normalized spacial score (nSPS) is 12.6. The summed E-state index contributed by atoms with van der Waals surface area (Å²) < 4.78 is 5.26. The van der Waals surface area contributed by atoms with Crippen molar-refractivity contribution in [2.75, 3.05) is 13.7 Å². The molecule has 0 aliphatic heterocycles. The molecule has 0 saturated carbocycles. The van der Waals surface area contributed by atoms with Crippen LogP contribution >= 0.6 is 11.6 Å². The van der Waals surface area contributed by atoms with Crippen LogP contribution in [0.3, 0.4) is 0 Å². The van der Waals surface area contributed by atoms with Crippen molar-refractivity contribution in [3.8, 4) is 5.75 Å². The minimum atomic E-state index is -1.10. The number of hydrogen-bond donors (Lipinski definition) is 2.